The Labute approximate surface area is 76.1 Å². The number of hydrogen-bond donors (Lipinski definition) is 0. The van der Waals surface area contributed by atoms with Crippen molar-refractivity contribution in [3.05, 3.63) is 12.2 Å². The van der Waals surface area contributed by atoms with Crippen molar-refractivity contribution in [2.75, 3.05) is 27.7 Å². The van der Waals surface area contributed by atoms with Gasteiger partial charge in [0.1, 0.15) is 0 Å². The lowest BCUT2D eigenvalue weighted by Crippen LogP contribution is -3.00. The molecule has 0 atom stereocenters. The minimum atomic E-state index is 0. The van der Waals surface area contributed by atoms with Crippen molar-refractivity contribution in [2.45, 2.75) is 12.8 Å². The minimum absolute atomic E-state index is 0. The van der Waals surface area contributed by atoms with E-state index in [9.17, 15) is 0 Å². The van der Waals surface area contributed by atoms with E-state index in [1.807, 2.05) is 0 Å². The van der Waals surface area contributed by atoms with E-state index < -0.39 is 0 Å². The van der Waals surface area contributed by atoms with E-state index in [0.29, 0.717) is 0 Å². The van der Waals surface area contributed by atoms with Gasteiger partial charge in [-0.3, -0.25) is 0 Å². The van der Waals surface area contributed by atoms with Crippen LogP contribution in [-0.2, 0) is 0 Å². The van der Waals surface area contributed by atoms with Crippen molar-refractivity contribution in [1.29, 1.82) is 0 Å². The van der Waals surface area contributed by atoms with Crippen LogP contribution in [0, 0.1) is 5.92 Å². The van der Waals surface area contributed by atoms with E-state index in [2.05, 4.69) is 33.3 Å². The SMILES string of the molecule is C[N+](C)(C)CC1CC=CC1.[Cl-]. The van der Waals surface area contributed by atoms with Gasteiger partial charge in [0.05, 0.1) is 27.7 Å². The molecule has 0 aromatic rings. The molecule has 0 saturated heterocycles. The fraction of sp³-hybridized carbons (Fsp3) is 0.778. The lowest BCUT2D eigenvalue weighted by Gasteiger charge is -2.27. The number of allylic oxidation sites excluding steroid dienone is 2. The first-order chi connectivity index (χ1) is 4.58. The second-order valence-corrected chi connectivity index (χ2v) is 4.28. The quantitative estimate of drug-likeness (QED) is 0.360. The van der Waals surface area contributed by atoms with E-state index in [4.69, 9.17) is 0 Å². The van der Waals surface area contributed by atoms with Crippen molar-refractivity contribution < 1.29 is 16.9 Å². The van der Waals surface area contributed by atoms with Gasteiger partial charge in [0.15, 0.2) is 0 Å². The third kappa shape index (κ3) is 4.44. The summed E-state index contributed by atoms with van der Waals surface area (Å²) in [4.78, 5) is 0. The van der Waals surface area contributed by atoms with E-state index in [-0.39, 0.29) is 12.4 Å². The Kier molecular flexibility index (Phi) is 4.12. The maximum Gasteiger partial charge on any atom is 0.0815 e. The summed E-state index contributed by atoms with van der Waals surface area (Å²) in [5, 5.41) is 0. The molecule has 0 bridgehead atoms. The van der Waals surface area contributed by atoms with Gasteiger partial charge in [-0.1, -0.05) is 12.2 Å². The van der Waals surface area contributed by atoms with Crippen molar-refractivity contribution >= 4 is 0 Å². The van der Waals surface area contributed by atoms with Crippen LogP contribution in [0.1, 0.15) is 12.8 Å². The zero-order valence-electron chi connectivity index (χ0n) is 7.68. The molecular formula is C9H18ClN. The molecule has 66 valence electrons. The van der Waals surface area contributed by atoms with Crippen LogP contribution in [0.2, 0.25) is 0 Å². The summed E-state index contributed by atoms with van der Waals surface area (Å²) in [6.07, 6.45) is 7.21. The largest absolute Gasteiger partial charge is 1.00 e. The average Bonchev–Trinajstić information content (AvgIpc) is 2.12. The van der Waals surface area contributed by atoms with Gasteiger partial charge in [-0.2, -0.15) is 0 Å². The molecule has 0 aromatic heterocycles. The first kappa shape index (κ1) is 11.0. The lowest BCUT2D eigenvalue weighted by atomic mass is 10.1. The summed E-state index contributed by atoms with van der Waals surface area (Å²) in [7, 11) is 6.79. The second-order valence-electron chi connectivity index (χ2n) is 4.28. The zero-order valence-corrected chi connectivity index (χ0v) is 8.43. The first-order valence-electron chi connectivity index (χ1n) is 4.03. The van der Waals surface area contributed by atoms with Crippen molar-refractivity contribution in [3.63, 3.8) is 0 Å². The molecule has 1 aliphatic rings. The van der Waals surface area contributed by atoms with E-state index in [1.165, 1.54) is 19.4 Å². The van der Waals surface area contributed by atoms with Gasteiger partial charge >= 0.3 is 0 Å². The summed E-state index contributed by atoms with van der Waals surface area (Å²) < 4.78 is 1.10. The monoisotopic (exact) mass is 175 g/mol. The molecule has 1 nitrogen and oxygen atoms in total. The molecule has 0 amide bonds. The number of hydrogen-bond acceptors (Lipinski definition) is 0. The van der Waals surface area contributed by atoms with Gasteiger partial charge < -0.3 is 16.9 Å². The smallest absolute Gasteiger partial charge is 0.0815 e. The van der Waals surface area contributed by atoms with Crippen LogP contribution in [0.3, 0.4) is 0 Å². The lowest BCUT2D eigenvalue weighted by molar-refractivity contribution is -0.873. The Morgan fingerprint density at radius 1 is 1.18 bits per heavy atom. The van der Waals surface area contributed by atoms with Gasteiger partial charge in [-0.05, 0) is 12.8 Å². The third-order valence-corrected chi connectivity index (χ3v) is 1.91. The average molecular weight is 176 g/mol. The Balaban J connectivity index is 0.000001000. The maximum atomic E-state index is 2.31. The molecule has 0 aromatic carbocycles. The number of halogens is 1. The Hall–Kier alpha value is -0.0100. The number of nitrogens with zero attached hydrogens (tertiary/aromatic N) is 1. The van der Waals surface area contributed by atoms with Crippen LogP contribution in [-0.4, -0.2) is 32.2 Å². The molecule has 0 heterocycles. The molecule has 0 spiro atoms. The van der Waals surface area contributed by atoms with Gasteiger partial charge in [-0.25, -0.2) is 0 Å². The molecule has 0 fully saturated rings. The summed E-state index contributed by atoms with van der Waals surface area (Å²) in [6.45, 7) is 1.31. The summed E-state index contributed by atoms with van der Waals surface area (Å²) in [6, 6.07) is 0. The maximum absolute atomic E-state index is 2.31. The van der Waals surface area contributed by atoms with E-state index in [0.717, 1.165) is 10.4 Å². The highest BCUT2D eigenvalue weighted by molar-refractivity contribution is 4.93. The Morgan fingerprint density at radius 3 is 2.00 bits per heavy atom. The summed E-state index contributed by atoms with van der Waals surface area (Å²) >= 11 is 0. The molecule has 0 aliphatic heterocycles. The van der Waals surface area contributed by atoms with Crippen LogP contribution >= 0.6 is 0 Å². The molecule has 1 rings (SSSR count). The molecule has 1 aliphatic carbocycles. The third-order valence-electron chi connectivity index (χ3n) is 1.91. The molecule has 0 radical (unpaired) electrons. The standard InChI is InChI=1S/C9H18N.ClH/c1-10(2,3)8-9-6-4-5-7-9;/h4-5,9H,6-8H2,1-3H3;1H/q+1;/p-1. The molecule has 2 heteroatoms. The molecule has 0 N–H and O–H groups in total. The van der Waals surface area contributed by atoms with Crippen LogP contribution in [0.4, 0.5) is 0 Å². The van der Waals surface area contributed by atoms with Crippen LogP contribution in [0.5, 0.6) is 0 Å². The van der Waals surface area contributed by atoms with Gasteiger partial charge in [-0.15, -0.1) is 0 Å². The number of rotatable bonds is 2. The van der Waals surface area contributed by atoms with E-state index in [1.54, 1.807) is 0 Å². The molecular weight excluding hydrogens is 158 g/mol. The zero-order chi connectivity index (χ0) is 7.61. The summed E-state index contributed by atoms with van der Waals surface area (Å²) in [5.41, 5.74) is 0. The minimum Gasteiger partial charge on any atom is -1.00 e. The topological polar surface area (TPSA) is 0 Å². The van der Waals surface area contributed by atoms with Crippen molar-refractivity contribution in [2.24, 2.45) is 5.92 Å². The van der Waals surface area contributed by atoms with Crippen LogP contribution in [0.25, 0.3) is 0 Å². The highest BCUT2D eigenvalue weighted by Crippen LogP contribution is 2.19. The number of quaternary nitrogens is 1. The van der Waals surface area contributed by atoms with Crippen LogP contribution in [0.15, 0.2) is 12.2 Å². The molecule has 0 saturated carbocycles. The molecule has 0 unspecified atom stereocenters. The van der Waals surface area contributed by atoms with Crippen molar-refractivity contribution in [1.82, 2.24) is 0 Å². The predicted molar refractivity (Wildman–Crippen MR) is 44.8 cm³/mol. The first-order valence-corrected chi connectivity index (χ1v) is 4.03. The van der Waals surface area contributed by atoms with Gasteiger partial charge in [0.25, 0.3) is 0 Å². The Morgan fingerprint density at radius 2 is 1.64 bits per heavy atom. The second kappa shape index (κ2) is 4.13. The highest BCUT2D eigenvalue weighted by Gasteiger charge is 2.18. The Bertz CT molecular complexity index is 127. The predicted octanol–water partition coefficient (Wildman–Crippen LogP) is -1.34. The van der Waals surface area contributed by atoms with Gasteiger partial charge in [0.2, 0.25) is 0 Å². The fourth-order valence-electron chi connectivity index (χ4n) is 1.60. The molecule has 11 heavy (non-hydrogen) atoms. The van der Waals surface area contributed by atoms with E-state index >= 15 is 0 Å². The normalized spacial score (nSPS) is 18.5. The van der Waals surface area contributed by atoms with Crippen LogP contribution < -0.4 is 12.4 Å². The highest BCUT2D eigenvalue weighted by atomic mass is 35.5. The summed E-state index contributed by atoms with van der Waals surface area (Å²) in [5.74, 6) is 0.917. The van der Waals surface area contributed by atoms with Crippen molar-refractivity contribution in [3.8, 4) is 0 Å². The van der Waals surface area contributed by atoms with Gasteiger partial charge in [0, 0.05) is 5.92 Å². The fourth-order valence-corrected chi connectivity index (χ4v) is 1.60.